The van der Waals surface area contributed by atoms with E-state index in [-0.39, 0.29) is 6.10 Å². The van der Waals surface area contributed by atoms with Crippen LogP contribution in [0.1, 0.15) is 32.8 Å². The van der Waals surface area contributed by atoms with E-state index in [1.165, 1.54) is 5.56 Å². The highest BCUT2D eigenvalue weighted by atomic mass is 16.5. The minimum absolute atomic E-state index is 0.112. The summed E-state index contributed by atoms with van der Waals surface area (Å²) in [6.07, 6.45) is 1.27. The lowest BCUT2D eigenvalue weighted by molar-refractivity contribution is -0.0128. The average Bonchev–Trinajstić information content (AvgIpc) is 2.51. The van der Waals surface area contributed by atoms with Crippen LogP contribution in [0.4, 0.5) is 0 Å². The highest BCUT2D eigenvalue weighted by Gasteiger charge is 2.02. The molecule has 1 N–H and O–H groups in total. The van der Waals surface area contributed by atoms with Gasteiger partial charge in [-0.1, -0.05) is 19.1 Å². The van der Waals surface area contributed by atoms with Crippen LogP contribution >= 0.6 is 0 Å². The third kappa shape index (κ3) is 8.71. The lowest BCUT2D eigenvalue weighted by atomic mass is 10.2. The van der Waals surface area contributed by atoms with Gasteiger partial charge >= 0.3 is 0 Å². The molecule has 0 aromatic heterocycles. The van der Waals surface area contributed by atoms with Crippen LogP contribution < -0.4 is 10.1 Å². The fourth-order valence-corrected chi connectivity index (χ4v) is 1.85. The first-order valence-corrected chi connectivity index (χ1v) is 7.88. The largest absolute Gasteiger partial charge is 0.491 e. The summed E-state index contributed by atoms with van der Waals surface area (Å²) >= 11 is 0. The van der Waals surface area contributed by atoms with E-state index in [2.05, 4.69) is 24.4 Å². The summed E-state index contributed by atoms with van der Waals surface area (Å²) in [6, 6.07) is 8.20. The van der Waals surface area contributed by atoms with Crippen molar-refractivity contribution in [3.05, 3.63) is 29.8 Å². The van der Waals surface area contributed by atoms with E-state index in [0.717, 1.165) is 31.9 Å². The standard InChI is InChI=1S/C17H29NO3/c1-4-10-18-13-16-6-8-17(9-7-16)21-12-11-20-15(3)14-19-5-2/h6-9,15,18H,4-5,10-14H2,1-3H3. The number of nitrogens with one attached hydrogen (secondary N) is 1. The topological polar surface area (TPSA) is 39.7 Å². The van der Waals surface area contributed by atoms with Crippen LogP contribution in [0.3, 0.4) is 0 Å². The normalized spacial score (nSPS) is 12.3. The van der Waals surface area contributed by atoms with Crippen molar-refractivity contribution in [3.8, 4) is 5.75 Å². The molecular weight excluding hydrogens is 266 g/mol. The van der Waals surface area contributed by atoms with E-state index in [0.29, 0.717) is 19.8 Å². The molecule has 0 bridgehead atoms. The van der Waals surface area contributed by atoms with Crippen molar-refractivity contribution >= 4 is 0 Å². The average molecular weight is 295 g/mol. The molecule has 4 heteroatoms. The van der Waals surface area contributed by atoms with Crippen LogP contribution in [-0.4, -0.2) is 39.1 Å². The molecule has 0 saturated carbocycles. The summed E-state index contributed by atoms with van der Waals surface area (Å²) in [5, 5.41) is 3.38. The Bertz CT molecular complexity index is 354. The minimum atomic E-state index is 0.112. The zero-order chi connectivity index (χ0) is 15.3. The summed E-state index contributed by atoms with van der Waals surface area (Å²) in [5.74, 6) is 0.885. The third-order valence-corrected chi connectivity index (χ3v) is 2.99. The highest BCUT2D eigenvalue weighted by molar-refractivity contribution is 5.27. The smallest absolute Gasteiger partial charge is 0.119 e. The Balaban J connectivity index is 2.14. The lowest BCUT2D eigenvalue weighted by Crippen LogP contribution is -2.19. The molecule has 1 rings (SSSR count). The first kappa shape index (κ1) is 18.0. The Morgan fingerprint density at radius 1 is 1.10 bits per heavy atom. The van der Waals surface area contributed by atoms with Gasteiger partial charge in [-0.25, -0.2) is 0 Å². The molecule has 0 fully saturated rings. The fraction of sp³-hybridized carbons (Fsp3) is 0.647. The first-order chi connectivity index (χ1) is 10.3. The van der Waals surface area contributed by atoms with Crippen LogP contribution in [0.25, 0.3) is 0 Å². The maximum atomic E-state index is 5.66. The Kier molecular flexibility index (Phi) is 9.87. The summed E-state index contributed by atoms with van der Waals surface area (Å²) in [5.41, 5.74) is 1.28. The minimum Gasteiger partial charge on any atom is -0.491 e. The first-order valence-electron chi connectivity index (χ1n) is 7.88. The van der Waals surface area contributed by atoms with E-state index in [4.69, 9.17) is 14.2 Å². The molecule has 0 radical (unpaired) electrons. The molecule has 0 heterocycles. The van der Waals surface area contributed by atoms with Crippen molar-refractivity contribution in [2.75, 3.05) is 33.0 Å². The summed E-state index contributed by atoms with van der Waals surface area (Å²) < 4.78 is 16.5. The molecule has 0 spiro atoms. The number of benzene rings is 1. The molecule has 4 nitrogen and oxygen atoms in total. The fourth-order valence-electron chi connectivity index (χ4n) is 1.85. The number of ether oxygens (including phenoxy) is 3. The third-order valence-electron chi connectivity index (χ3n) is 2.99. The van der Waals surface area contributed by atoms with Crippen LogP contribution in [0, 0.1) is 0 Å². The van der Waals surface area contributed by atoms with Gasteiger partial charge in [0.2, 0.25) is 0 Å². The molecule has 21 heavy (non-hydrogen) atoms. The summed E-state index contributed by atoms with van der Waals surface area (Å²) in [7, 11) is 0. The van der Waals surface area contributed by atoms with Crippen molar-refractivity contribution in [2.24, 2.45) is 0 Å². The Morgan fingerprint density at radius 3 is 2.52 bits per heavy atom. The second kappa shape index (κ2) is 11.5. The zero-order valence-electron chi connectivity index (χ0n) is 13.6. The number of hydrogen-bond donors (Lipinski definition) is 1. The Hall–Kier alpha value is -1.10. The molecule has 0 aliphatic carbocycles. The van der Waals surface area contributed by atoms with Gasteiger partial charge in [0, 0.05) is 13.2 Å². The van der Waals surface area contributed by atoms with Gasteiger partial charge in [-0.15, -0.1) is 0 Å². The molecule has 1 aromatic rings. The van der Waals surface area contributed by atoms with Gasteiger partial charge < -0.3 is 19.5 Å². The van der Waals surface area contributed by atoms with Crippen molar-refractivity contribution in [3.63, 3.8) is 0 Å². The summed E-state index contributed by atoms with van der Waals surface area (Å²) in [6.45, 7) is 10.6. The van der Waals surface area contributed by atoms with Crippen molar-refractivity contribution in [1.29, 1.82) is 0 Å². The molecule has 1 aromatic carbocycles. The van der Waals surface area contributed by atoms with Crippen molar-refractivity contribution < 1.29 is 14.2 Å². The Morgan fingerprint density at radius 2 is 1.86 bits per heavy atom. The highest BCUT2D eigenvalue weighted by Crippen LogP contribution is 2.12. The van der Waals surface area contributed by atoms with Gasteiger partial charge in [-0.05, 0) is 44.5 Å². The quantitative estimate of drug-likeness (QED) is 0.602. The monoisotopic (exact) mass is 295 g/mol. The lowest BCUT2D eigenvalue weighted by Gasteiger charge is -2.13. The number of rotatable bonds is 12. The SMILES string of the molecule is CCCNCc1ccc(OCCOC(C)COCC)cc1. The van der Waals surface area contributed by atoms with E-state index in [1.807, 2.05) is 26.0 Å². The molecular formula is C17H29NO3. The van der Waals surface area contributed by atoms with Crippen LogP contribution in [-0.2, 0) is 16.0 Å². The summed E-state index contributed by atoms with van der Waals surface area (Å²) in [4.78, 5) is 0. The van der Waals surface area contributed by atoms with Crippen LogP contribution in [0.5, 0.6) is 5.75 Å². The van der Waals surface area contributed by atoms with Crippen molar-refractivity contribution in [1.82, 2.24) is 5.32 Å². The van der Waals surface area contributed by atoms with Gasteiger partial charge in [-0.2, -0.15) is 0 Å². The van der Waals surface area contributed by atoms with E-state index in [9.17, 15) is 0 Å². The zero-order valence-corrected chi connectivity index (χ0v) is 13.6. The predicted molar refractivity (Wildman–Crippen MR) is 85.8 cm³/mol. The van der Waals surface area contributed by atoms with Crippen molar-refractivity contribution in [2.45, 2.75) is 39.8 Å². The molecule has 0 aliphatic heterocycles. The van der Waals surface area contributed by atoms with Gasteiger partial charge in [-0.3, -0.25) is 0 Å². The molecule has 1 atom stereocenters. The van der Waals surface area contributed by atoms with Gasteiger partial charge in [0.15, 0.2) is 0 Å². The molecule has 120 valence electrons. The van der Waals surface area contributed by atoms with E-state index < -0.39 is 0 Å². The van der Waals surface area contributed by atoms with Crippen LogP contribution in [0.15, 0.2) is 24.3 Å². The van der Waals surface area contributed by atoms with Gasteiger partial charge in [0.1, 0.15) is 12.4 Å². The van der Waals surface area contributed by atoms with E-state index >= 15 is 0 Å². The van der Waals surface area contributed by atoms with Gasteiger partial charge in [0.05, 0.1) is 19.3 Å². The Labute approximate surface area is 128 Å². The molecule has 0 amide bonds. The molecule has 0 aliphatic rings. The van der Waals surface area contributed by atoms with Gasteiger partial charge in [0.25, 0.3) is 0 Å². The second-order valence-electron chi connectivity index (χ2n) is 5.01. The number of hydrogen-bond acceptors (Lipinski definition) is 4. The second-order valence-corrected chi connectivity index (χ2v) is 5.01. The molecule has 0 saturated heterocycles. The van der Waals surface area contributed by atoms with Crippen LogP contribution in [0.2, 0.25) is 0 Å². The molecule has 1 unspecified atom stereocenters. The maximum Gasteiger partial charge on any atom is 0.119 e. The maximum absolute atomic E-state index is 5.66. The predicted octanol–water partition coefficient (Wildman–Crippen LogP) is 3.01. The van der Waals surface area contributed by atoms with E-state index in [1.54, 1.807) is 0 Å².